The minimum absolute atomic E-state index is 0.782. The van der Waals surface area contributed by atoms with Gasteiger partial charge in [0.15, 0.2) is 0 Å². The van der Waals surface area contributed by atoms with Gasteiger partial charge in [-0.05, 0) is 23.9 Å². The van der Waals surface area contributed by atoms with Crippen LogP contribution in [0.4, 0.5) is 0 Å². The first kappa shape index (κ1) is 9.81. The Hall–Kier alpha value is -0.730. The molecule has 0 N–H and O–H groups in total. The Kier molecular flexibility index (Phi) is 2.66. The fraction of sp³-hybridized carbons (Fsp3) is 0.273. The third-order valence-corrected chi connectivity index (χ3v) is 3.92. The van der Waals surface area contributed by atoms with Crippen molar-refractivity contribution in [1.82, 2.24) is 0 Å². The maximum Gasteiger partial charge on any atom is 0.121 e. The van der Waals surface area contributed by atoms with Crippen LogP contribution in [0.25, 0.3) is 10.1 Å². The minimum Gasteiger partial charge on any atom is -0.497 e. The quantitative estimate of drug-likeness (QED) is 0.749. The van der Waals surface area contributed by atoms with Gasteiger partial charge in [-0.1, -0.05) is 18.5 Å². The summed E-state index contributed by atoms with van der Waals surface area (Å²) in [4.78, 5) is 1.36. The van der Waals surface area contributed by atoms with E-state index in [0.29, 0.717) is 0 Å². The van der Waals surface area contributed by atoms with E-state index >= 15 is 0 Å². The highest BCUT2D eigenvalue weighted by Gasteiger charge is 2.06. The number of benzene rings is 1. The highest BCUT2D eigenvalue weighted by Crippen LogP contribution is 2.35. The Labute approximate surface area is 92.3 Å². The lowest BCUT2D eigenvalue weighted by atomic mass is 10.2. The van der Waals surface area contributed by atoms with E-state index in [2.05, 4.69) is 13.0 Å². The van der Waals surface area contributed by atoms with Gasteiger partial charge in [-0.2, -0.15) is 0 Å². The SMILES string of the molecule is CCc1cc2cc(OC)cc(Cl)c2s1. The number of hydrogen-bond acceptors (Lipinski definition) is 2. The van der Waals surface area contributed by atoms with E-state index in [0.717, 1.165) is 21.9 Å². The van der Waals surface area contributed by atoms with Gasteiger partial charge in [0.2, 0.25) is 0 Å². The smallest absolute Gasteiger partial charge is 0.121 e. The van der Waals surface area contributed by atoms with Crippen molar-refractivity contribution in [3.05, 3.63) is 28.1 Å². The second kappa shape index (κ2) is 3.79. The Morgan fingerprint density at radius 2 is 2.14 bits per heavy atom. The molecule has 0 amide bonds. The molecule has 0 bridgehead atoms. The van der Waals surface area contributed by atoms with Crippen molar-refractivity contribution in [2.45, 2.75) is 13.3 Å². The summed E-state index contributed by atoms with van der Waals surface area (Å²) in [5.41, 5.74) is 0. The zero-order valence-corrected chi connectivity index (χ0v) is 9.71. The van der Waals surface area contributed by atoms with Crippen LogP contribution < -0.4 is 4.74 Å². The number of halogens is 1. The van der Waals surface area contributed by atoms with E-state index in [1.54, 1.807) is 18.4 Å². The van der Waals surface area contributed by atoms with Gasteiger partial charge in [0.05, 0.1) is 16.8 Å². The van der Waals surface area contributed by atoms with Gasteiger partial charge in [-0.15, -0.1) is 11.3 Å². The average Bonchev–Trinajstić information content (AvgIpc) is 2.61. The molecule has 0 aliphatic heterocycles. The standard InChI is InChI=1S/C11H11ClOS/c1-3-9-5-7-4-8(13-2)6-10(12)11(7)14-9/h4-6H,3H2,1-2H3. The largest absolute Gasteiger partial charge is 0.497 e. The van der Waals surface area contributed by atoms with E-state index in [9.17, 15) is 0 Å². The summed E-state index contributed by atoms with van der Waals surface area (Å²) in [7, 11) is 1.66. The predicted octanol–water partition coefficient (Wildman–Crippen LogP) is 4.13. The Balaban J connectivity index is 2.67. The van der Waals surface area contributed by atoms with Gasteiger partial charge in [0, 0.05) is 10.9 Å². The monoisotopic (exact) mass is 226 g/mol. The number of fused-ring (bicyclic) bond motifs is 1. The predicted molar refractivity (Wildman–Crippen MR) is 62.8 cm³/mol. The number of thiophene rings is 1. The average molecular weight is 227 g/mol. The molecule has 2 aromatic rings. The third kappa shape index (κ3) is 1.60. The van der Waals surface area contributed by atoms with Crippen LogP contribution in [0.5, 0.6) is 5.75 Å². The van der Waals surface area contributed by atoms with Crippen LogP contribution in [0.3, 0.4) is 0 Å². The maximum absolute atomic E-state index is 6.14. The number of hydrogen-bond donors (Lipinski definition) is 0. The molecule has 1 aromatic heterocycles. The van der Waals surface area contributed by atoms with Crippen LogP contribution in [0.2, 0.25) is 5.02 Å². The third-order valence-electron chi connectivity index (χ3n) is 2.18. The lowest BCUT2D eigenvalue weighted by Gasteiger charge is -2.00. The van der Waals surface area contributed by atoms with E-state index in [1.165, 1.54) is 10.3 Å². The fourth-order valence-corrected chi connectivity index (χ4v) is 2.75. The van der Waals surface area contributed by atoms with Crippen molar-refractivity contribution >= 4 is 33.0 Å². The van der Waals surface area contributed by atoms with Crippen LogP contribution in [-0.4, -0.2) is 7.11 Å². The van der Waals surface area contributed by atoms with Crippen LogP contribution in [0.1, 0.15) is 11.8 Å². The molecule has 0 fully saturated rings. The molecular formula is C11H11ClOS. The summed E-state index contributed by atoms with van der Waals surface area (Å²) in [6.07, 6.45) is 1.05. The van der Waals surface area contributed by atoms with Crippen LogP contribution in [0, 0.1) is 0 Å². The fourth-order valence-electron chi connectivity index (χ4n) is 1.43. The van der Waals surface area contributed by atoms with Crippen molar-refractivity contribution in [3.63, 3.8) is 0 Å². The first-order valence-corrected chi connectivity index (χ1v) is 5.70. The van der Waals surface area contributed by atoms with E-state index < -0.39 is 0 Å². The molecule has 1 nitrogen and oxygen atoms in total. The van der Waals surface area contributed by atoms with Gasteiger partial charge in [0.25, 0.3) is 0 Å². The zero-order valence-electron chi connectivity index (χ0n) is 8.13. The lowest BCUT2D eigenvalue weighted by molar-refractivity contribution is 0.415. The molecule has 0 atom stereocenters. The van der Waals surface area contributed by atoms with Crippen LogP contribution >= 0.6 is 22.9 Å². The van der Waals surface area contributed by atoms with Gasteiger partial charge < -0.3 is 4.74 Å². The molecule has 1 heterocycles. The second-order valence-corrected chi connectivity index (χ2v) is 4.64. The van der Waals surface area contributed by atoms with Gasteiger partial charge in [-0.3, -0.25) is 0 Å². The molecule has 0 radical (unpaired) electrons. The maximum atomic E-state index is 6.14. The van der Waals surface area contributed by atoms with E-state index in [1.807, 2.05) is 12.1 Å². The molecule has 3 heteroatoms. The van der Waals surface area contributed by atoms with Crippen molar-refractivity contribution in [2.75, 3.05) is 7.11 Å². The molecule has 0 spiro atoms. The molecule has 74 valence electrons. The number of rotatable bonds is 2. The van der Waals surface area contributed by atoms with Crippen molar-refractivity contribution in [2.24, 2.45) is 0 Å². The number of methoxy groups -OCH3 is 1. The summed E-state index contributed by atoms with van der Waals surface area (Å²) >= 11 is 7.90. The first-order valence-electron chi connectivity index (χ1n) is 4.50. The van der Waals surface area contributed by atoms with Crippen molar-refractivity contribution in [3.8, 4) is 5.75 Å². The molecule has 0 aliphatic carbocycles. The molecule has 2 rings (SSSR count). The van der Waals surface area contributed by atoms with Gasteiger partial charge in [-0.25, -0.2) is 0 Å². The first-order chi connectivity index (χ1) is 6.74. The summed E-state index contributed by atoms with van der Waals surface area (Å²) in [5, 5.41) is 1.96. The molecule has 0 saturated heterocycles. The summed E-state index contributed by atoms with van der Waals surface area (Å²) in [5.74, 6) is 0.822. The Bertz CT molecular complexity index is 462. The topological polar surface area (TPSA) is 9.23 Å². The van der Waals surface area contributed by atoms with E-state index in [4.69, 9.17) is 16.3 Å². The Morgan fingerprint density at radius 1 is 1.36 bits per heavy atom. The molecule has 0 aliphatic rings. The van der Waals surface area contributed by atoms with Crippen molar-refractivity contribution < 1.29 is 4.74 Å². The van der Waals surface area contributed by atoms with Gasteiger partial charge >= 0.3 is 0 Å². The second-order valence-electron chi connectivity index (χ2n) is 3.09. The number of aryl methyl sites for hydroxylation is 1. The van der Waals surface area contributed by atoms with Crippen molar-refractivity contribution in [1.29, 1.82) is 0 Å². The van der Waals surface area contributed by atoms with Gasteiger partial charge in [0.1, 0.15) is 5.75 Å². The van der Waals surface area contributed by atoms with E-state index in [-0.39, 0.29) is 0 Å². The minimum atomic E-state index is 0.782. The molecule has 0 saturated carbocycles. The highest BCUT2D eigenvalue weighted by molar-refractivity contribution is 7.19. The summed E-state index contributed by atoms with van der Waals surface area (Å²) in [6.45, 7) is 2.15. The summed E-state index contributed by atoms with van der Waals surface area (Å²) < 4.78 is 6.32. The highest BCUT2D eigenvalue weighted by atomic mass is 35.5. The molecule has 0 unspecified atom stereocenters. The molecular weight excluding hydrogens is 216 g/mol. The summed E-state index contributed by atoms with van der Waals surface area (Å²) in [6, 6.07) is 6.06. The molecule has 14 heavy (non-hydrogen) atoms. The normalized spacial score (nSPS) is 10.8. The lowest BCUT2D eigenvalue weighted by Crippen LogP contribution is -1.81. The Morgan fingerprint density at radius 3 is 2.79 bits per heavy atom. The van der Waals surface area contributed by atoms with Crippen LogP contribution in [0.15, 0.2) is 18.2 Å². The number of ether oxygens (including phenoxy) is 1. The molecule has 1 aromatic carbocycles. The van der Waals surface area contributed by atoms with Crippen LogP contribution in [-0.2, 0) is 6.42 Å². The zero-order chi connectivity index (χ0) is 10.1.